The van der Waals surface area contributed by atoms with Crippen LogP contribution in [0.2, 0.25) is 0 Å². The molecule has 6 heteroatoms. The third-order valence-corrected chi connectivity index (χ3v) is 3.42. The molecule has 88 valence electrons. The van der Waals surface area contributed by atoms with Gasteiger partial charge in [0, 0.05) is 32.4 Å². The normalized spacial score (nSPS) is 17.8. The molecule has 0 spiro atoms. The lowest BCUT2D eigenvalue weighted by Gasteiger charge is -2.35. The number of anilines is 2. The zero-order chi connectivity index (χ0) is 11.5. The fourth-order valence-corrected chi connectivity index (χ4v) is 2.31. The molecule has 2 N–H and O–H groups in total. The number of rotatable bonds is 2. The maximum Gasteiger partial charge on any atom is 0.222 e. The molecule has 16 heavy (non-hydrogen) atoms. The fraction of sp³-hybridized carbons (Fsp3) is 0.600. The number of hydrogen-bond acceptors (Lipinski definition) is 5. The van der Waals surface area contributed by atoms with Crippen molar-refractivity contribution in [1.29, 1.82) is 0 Å². The predicted molar refractivity (Wildman–Crippen MR) is 68.5 cm³/mol. The molecule has 2 heterocycles. The lowest BCUT2D eigenvalue weighted by Crippen LogP contribution is -2.46. The van der Waals surface area contributed by atoms with E-state index >= 15 is 0 Å². The number of nitrogens with zero attached hydrogens (tertiary/aromatic N) is 4. The van der Waals surface area contributed by atoms with Crippen molar-refractivity contribution in [2.45, 2.75) is 6.92 Å². The topological polar surface area (TPSA) is 58.3 Å². The van der Waals surface area contributed by atoms with Crippen LogP contribution in [0.5, 0.6) is 0 Å². The number of aromatic nitrogens is 2. The Morgan fingerprint density at radius 1 is 1.38 bits per heavy atom. The molecule has 1 aromatic rings. The molecule has 1 fully saturated rings. The quantitative estimate of drug-likeness (QED) is 0.877. The summed E-state index contributed by atoms with van der Waals surface area (Å²) in [6.07, 6.45) is 1.71. The minimum Gasteiger partial charge on any atom is -0.368 e. The van der Waals surface area contributed by atoms with Crippen LogP contribution in [-0.2, 0) is 0 Å². The van der Waals surface area contributed by atoms with Crippen LogP contribution < -0.4 is 10.6 Å². The average Bonchev–Trinajstić information content (AvgIpc) is 2.32. The number of piperazine rings is 1. The van der Waals surface area contributed by atoms with Gasteiger partial charge >= 0.3 is 0 Å². The molecule has 1 aliphatic heterocycles. The van der Waals surface area contributed by atoms with Crippen LogP contribution in [0.4, 0.5) is 11.8 Å². The van der Waals surface area contributed by atoms with Crippen molar-refractivity contribution in [2.24, 2.45) is 0 Å². The first-order valence-electron chi connectivity index (χ1n) is 5.46. The molecule has 0 aliphatic carbocycles. The highest BCUT2D eigenvalue weighted by Gasteiger charge is 2.19. The summed E-state index contributed by atoms with van der Waals surface area (Å²) in [4.78, 5) is 12.9. The Hall–Kier alpha value is -0.880. The third kappa shape index (κ3) is 2.44. The molecule has 1 aliphatic rings. The van der Waals surface area contributed by atoms with E-state index in [9.17, 15) is 0 Å². The van der Waals surface area contributed by atoms with E-state index in [1.165, 1.54) is 0 Å². The Morgan fingerprint density at radius 3 is 2.69 bits per heavy atom. The monoisotopic (exact) mass is 285 g/mol. The predicted octanol–water partition coefficient (Wildman–Crippen LogP) is 0.963. The second-order valence-electron chi connectivity index (χ2n) is 3.82. The van der Waals surface area contributed by atoms with E-state index in [1.54, 1.807) is 6.20 Å². The molecule has 0 radical (unpaired) electrons. The summed E-state index contributed by atoms with van der Waals surface area (Å²) in [5, 5.41) is 0. The smallest absolute Gasteiger partial charge is 0.222 e. The van der Waals surface area contributed by atoms with Gasteiger partial charge in [-0.05, 0) is 22.5 Å². The molecule has 0 atom stereocenters. The molecule has 1 aromatic heterocycles. The fourth-order valence-electron chi connectivity index (χ4n) is 1.87. The maximum atomic E-state index is 5.61. The van der Waals surface area contributed by atoms with Crippen LogP contribution in [0.15, 0.2) is 10.7 Å². The Kier molecular flexibility index (Phi) is 3.60. The molecule has 0 unspecified atom stereocenters. The van der Waals surface area contributed by atoms with Gasteiger partial charge in [-0.15, -0.1) is 0 Å². The third-order valence-electron chi connectivity index (χ3n) is 2.86. The Bertz CT molecular complexity index is 362. The lowest BCUT2D eigenvalue weighted by molar-refractivity contribution is 0.270. The summed E-state index contributed by atoms with van der Waals surface area (Å²) in [5.41, 5.74) is 5.61. The van der Waals surface area contributed by atoms with Crippen molar-refractivity contribution < 1.29 is 0 Å². The number of nitrogens with two attached hydrogens (primary N) is 1. The van der Waals surface area contributed by atoms with Gasteiger partial charge in [0.1, 0.15) is 5.82 Å². The Morgan fingerprint density at radius 2 is 2.06 bits per heavy atom. The van der Waals surface area contributed by atoms with Crippen LogP contribution >= 0.6 is 15.9 Å². The highest BCUT2D eigenvalue weighted by atomic mass is 79.9. The van der Waals surface area contributed by atoms with Crippen LogP contribution in [0.1, 0.15) is 6.92 Å². The number of hydrogen-bond donors (Lipinski definition) is 1. The maximum absolute atomic E-state index is 5.61. The van der Waals surface area contributed by atoms with Crippen molar-refractivity contribution in [3.63, 3.8) is 0 Å². The molecule has 0 aromatic carbocycles. The van der Waals surface area contributed by atoms with Gasteiger partial charge in [-0.2, -0.15) is 4.98 Å². The van der Waals surface area contributed by atoms with Crippen LogP contribution in [0.25, 0.3) is 0 Å². The van der Waals surface area contributed by atoms with E-state index in [4.69, 9.17) is 5.73 Å². The van der Waals surface area contributed by atoms with Gasteiger partial charge in [-0.1, -0.05) is 6.92 Å². The summed E-state index contributed by atoms with van der Waals surface area (Å²) in [6.45, 7) is 7.43. The van der Waals surface area contributed by atoms with Gasteiger partial charge < -0.3 is 15.5 Å². The van der Waals surface area contributed by atoms with E-state index in [0.717, 1.165) is 43.0 Å². The molecular weight excluding hydrogens is 270 g/mol. The average molecular weight is 286 g/mol. The van der Waals surface area contributed by atoms with E-state index in [0.29, 0.717) is 5.95 Å². The molecule has 0 amide bonds. The van der Waals surface area contributed by atoms with Gasteiger partial charge in [-0.3, -0.25) is 0 Å². The van der Waals surface area contributed by atoms with Crippen LogP contribution in [0, 0.1) is 0 Å². The Balaban J connectivity index is 2.10. The number of halogens is 1. The van der Waals surface area contributed by atoms with Gasteiger partial charge in [-0.25, -0.2) is 4.98 Å². The largest absolute Gasteiger partial charge is 0.368 e. The molecule has 1 saturated heterocycles. The Labute approximate surface area is 104 Å². The van der Waals surface area contributed by atoms with E-state index in [1.807, 2.05) is 0 Å². The summed E-state index contributed by atoms with van der Waals surface area (Å²) in [5.74, 6) is 1.24. The van der Waals surface area contributed by atoms with Crippen LogP contribution in [0.3, 0.4) is 0 Å². The van der Waals surface area contributed by atoms with Gasteiger partial charge in [0.15, 0.2) is 0 Å². The standard InChI is InChI=1S/C10H16BrN5/c1-2-15-3-5-16(6-4-15)9-8(11)7-13-10(12)14-9/h7H,2-6H2,1H3,(H2,12,13,14). The van der Waals surface area contributed by atoms with Crippen molar-refractivity contribution in [3.05, 3.63) is 10.7 Å². The number of nitrogen functional groups attached to an aromatic ring is 1. The van der Waals surface area contributed by atoms with Crippen molar-refractivity contribution in [1.82, 2.24) is 14.9 Å². The summed E-state index contributed by atoms with van der Waals surface area (Å²) in [7, 11) is 0. The lowest BCUT2D eigenvalue weighted by atomic mass is 10.3. The highest BCUT2D eigenvalue weighted by molar-refractivity contribution is 9.10. The van der Waals surface area contributed by atoms with Crippen molar-refractivity contribution in [2.75, 3.05) is 43.4 Å². The van der Waals surface area contributed by atoms with Crippen molar-refractivity contribution in [3.8, 4) is 0 Å². The first-order chi connectivity index (χ1) is 7.70. The second-order valence-corrected chi connectivity index (χ2v) is 4.68. The molecule has 2 rings (SSSR count). The van der Waals surface area contributed by atoms with Crippen LogP contribution in [-0.4, -0.2) is 47.6 Å². The molecule has 5 nitrogen and oxygen atoms in total. The van der Waals surface area contributed by atoms with E-state index < -0.39 is 0 Å². The molecular formula is C10H16BrN5. The van der Waals surface area contributed by atoms with Gasteiger partial charge in [0.2, 0.25) is 5.95 Å². The SMILES string of the molecule is CCN1CCN(c2nc(N)ncc2Br)CC1. The summed E-state index contributed by atoms with van der Waals surface area (Å²) in [6, 6.07) is 0. The van der Waals surface area contributed by atoms with Gasteiger partial charge in [0.25, 0.3) is 0 Å². The minimum absolute atomic E-state index is 0.330. The van der Waals surface area contributed by atoms with Crippen molar-refractivity contribution >= 4 is 27.7 Å². The van der Waals surface area contributed by atoms with Gasteiger partial charge in [0.05, 0.1) is 4.47 Å². The zero-order valence-electron chi connectivity index (χ0n) is 9.36. The summed E-state index contributed by atoms with van der Waals surface area (Å²) < 4.78 is 0.909. The second kappa shape index (κ2) is 4.97. The highest BCUT2D eigenvalue weighted by Crippen LogP contribution is 2.24. The van der Waals surface area contributed by atoms with E-state index in [2.05, 4.69) is 42.6 Å². The zero-order valence-corrected chi connectivity index (χ0v) is 10.9. The first kappa shape index (κ1) is 11.6. The molecule has 0 saturated carbocycles. The summed E-state index contributed by atoms with van der Waals surface area (Å²) >= 11 is 3.46. The van der Waals surface area contributed by atoms with E-state index in [-0.39, 0.29) is 0 Å². The first-order valence-corrected chi connectivity index (χ1v) is 6.25. The molecule has 0 bridgehead atoms. The minimum atomic E-state index is 0.330. The number of likely N-dealkylation sites (N-methyl/N-ethyl adjacent to an activating group) is 1.